The van der Waals surface area contributed by atoms with Crippen LogP contribution in [0.5, 0.6) is 0 Å². The molecule has 4 rings (SSSR count). The van der Waals surface area contributed by atoms with Crippen LogP contribution in [0.15, 0.2) is 22.7 Å². The number of rotatable bonds is 3. The highest BCUT2D eigenvalue weighted by Gasteiger charge is 2.36. The lowest BCUT2D eigenvalue weighted by atomic mass is 9.83. The van der Waals surface area contributed by atoms with Crippen LogP contribution in [0, 0.1) is 13.8 Å². The molecule has 162 valence electrons. The maximum atomic E-state index is 13.3. The molecule has 1 aromatic heterocycles. The van der Waals surface area contributed by atoms with Crippen molar-refractivity contribution in [3.05, 3.63) is 46.6 Å². The van der Waals surface area contributed by atoms with Crippen LogP contribution in [0.25, 0.3) is 0 Å². The van der Waals surface area contributed by atoms with Crippen LogP contribution in [-0.2, 0) is 4.74 Å². The Bertz CT molecular complexity index is 888. The SMILES string of the molecule is Cc1ccc(C2CC(c3nc(C(C)C)no3)CN(C(=O)N3CCOCC3)C2)cc1C. The summed E-state index contributed by atoms with van der Waals surface area (Å²) in [5.41, 5.74) is 3.83. The van der Waals surface area contributed by atoms with E-state index in [2.05, 4.69) is 56.0 Å². The molecule has 1 aromatic carbocycles. The van der Waals surface area contributed by atoms with Gasteiger partial charge in [0.05, 0.1) is 19.1 Å². The number of ether oxygens (including phenoxy) is 1. The summed E-state index contributed by atoms with van der Waals surface area (Å²) in [6, 6.07) is 6.71. The number of morpholine rings is 1. The van der Waals surface area contributed by atoms with Gasteiger partial charge in [-0.1, -0.05) is 37.2 Å². The monoisotopic (exact) mass is 412 g/mol. The molecule has 0 saturated carbocycles. The summed E-state index contributed by atoms with van der Waals surface area (Å²) in [6.07, 6.45) is 0.898. The summed E-state index contributed by atoms with van der Waals surface area (Å²) in [4.78, 5) is 21.8. The normalized spacial score (nSPS) is 22.6. The van der Waals surface area contributed by atoms with E-state index in [0.29, 0.717) is 45.3 Å². The van der Waals surface area contributed by atoms with Crippen LogP contribution in [0.4, 0.5) is 4.79 Å². The van der Waals surface area contributed by atoms with Crippen molar-refractivity contribution >= 4 is 6.03 Å². The zero-order chi connectivity index (χ0) is 21.3. The molecule has 0 bridgehead atoms. The first-order valence-electron chi connectivity index (χ1n) is 10.9. The van der Waals surface area contributed by atoms with Gasteiger partial charge in [-0.2, -0.15) is 4.98 Å². The number of carbonyl (C=O) groups is 1. The largest absolute Gasteiger partial charge is 0.378 e. The predicted octanol–water partition coefficient (Wildman–Crippen LogP) is 3.84. The number of carbonyl (C=O) groups excluding carboxylic acids is 1. The maximum absolute atomic E-state index is 13.3. The molecule has 2 atom stereocenters. The van der Waals surface area contributed by atoms with Gasteiger partial charge in [-0.05, 0) is 37.0 Å². The molecule has 2 aliphatic rings. The van der Waals surface area contributed by atoms with Gasteiger partial charge in [0.25, 0.3) is 0 Å². The fourth-order valence-electron chi connectivity index (χ4n) is 4.30. The first kappa shape index (κ1) is 20.8. The molecular formula is C23H32N4O3. The van der Waals surface area contributed by atoms with Crippen molar-refractivity contribution in [2.45, 2.75) is 51.9 Å². The minimum absolute atomic E-state index is 0.0374. The van der Waals surface area contributed by atoms with Crippen LogP contribution < -0.4 is 0 Å². The van der Waals surface area contributed by atoms with E-state index < -0.39 is 0 Å². The zero-order valence-corrected chi connectivity index (χ0v) is 18.4. The molecule has 2 aliphatic heterocycles. The number of hydrogen-bond acceptors (Lipinski definition) is 5. The first-order valence-corrected chi connectivity index (χ1v) is 10.9. The van der Waals surface area contributed by atoms with Crippen LogP contribution in [0.1, 0.15) is 66.4 Å². The molecule has 0 N–H and O–H groups in total. The van der Waals surface area contributed by atoms with Gasteiger partial charge < -0.3 is 19.1 Å². The lowest BCUT2D eigenvalue weighted by Gasteiger charge is -2.40. The topological polar surface area (TPSA) is 71.7 Å². The summed E-state index contributed by atoms with van der Waals surface area (Å²) < 4.78 is 11.1. The van der Waals surface area contributed by atoms with Crippen molar-refractivity contribution < 1.29 is 14.1 Å². The smallest absolute Gasteiger partial charge is 0.320 e. The van der Waals surface area contributed by atoms with Gasteiger partial charge in [-0.3, -0.25) is 0 Å². The van der Waals surface area contributed by atoms with E-state index in [4.69, 9.17) is 9.26 Å². The van der Waals surface area contributed by atoms with Gasteiger partial charge in [0.1, 0.15) is 0 Å². The van der Waals surface area contributed by atoms with Gasteiger partial charge in [0.15, 0.2) is 5.82 Å². The number of piperidine rings is 1. The number of aromatic nitrogens is 2. The molecule has 2 aromatic rings. The van der Waals surface area contributed by atoms with E-state index in [1.165, 1.54) is 16.7 Å². The highest BCUT2D eigenvalue weighted by molar-refractivity contribution is 5.75. The number of aryl methyl sites for hydroxylation is 2. The minimum atomic E-state index is 0.0374. The second-order valence-corrected chi connectivity index (χ2v) is 8.91. The predicted molar refractivity (Wildman–Crippen MR) is 114 cm³/mol. The van der Waals surface area contributed by atoms with Crippen molar-refractivity contribution in [1.29, 1.82) is 0 Å². The van der Waals surface area contributed by atoms with Crippen LogP contribution in [0.2, 0.25) is 0 Å². The second-order valence-electron chi connectivity index (χ2n) is 8.91. The van der Waals surface area contributed by atoms with Gasteiger partial charge in [0.2, 0.25) is 5.89 Å². The average Bonchev–Trinajstić information content (AvgIpc) is 3.26. The Morgan fingerprint density at radius 1 is 1.07 bits per heavy atom. The van der Waals surface area contributed by atoms with E-state index in [1.807, 2.05) is 9.80 Å². The molecule has 2 fully saturated rings. The number of hydrogen-bond donors (Lipinski definition) is 0. The molecule has 0 radical (unpaired) electrons. The van der Waals surface area contributed by atoms with Gasteiger partial charge in [0, 0.05) is 38.0 Å². The summed E-state index contributed by atoms with van der Waals surface area (Å²) in [5.74, 6) is 1.86. The summed E-state index contributed by atoms with van der Waals surface area (Å²) in [5, 5.41) is 4.16. The Morgan fingerprint density at radius 2 is 1.80 bits per heavy atom. The lowest BCUT2D eigenvalue weighted by molar-refractivity contribution is 0.0392. The number of likely N-dealkylation sites (tertiary alicyclic amines) is 1. The van der Waals surface area contributed by atoms with Gasteiger partial charge >= 0.3 is 6.03 Å². The molecule has 30 heavy (non-hydrogen) atoms. The molecule has 2 unspecified atom stereocenters. The van der Waals surface area contributed by atoms with Crippen molar-refractivity contribution in [1.82, 2.24) is 19.9 Å². The third-order valence-corrected chi connectivity index (χ3v) is 6.33. The van der Waals surface area contributed by atoms with Gasteiger partial charge in [-0.25, -0.2) is 4.79 Å². The molecule has 0 spiro atoms. The van der Waals surface area contributed by atoms with Gasteiger partial charge in [-0.15, -0.1) is 0 Å². The Hall–Kier alpha value is -2.41. The average molecular weight is 413 g/mol. The molecule has 2 amide bonds. The maximum Gasteiger partial charge on any atom is 0.320 e. The zero-order valence-electron chi connectivity index (χ0n) is 18.4. The summed E-state index contributed by atoms with van der Waals surface area (Å²) >= 11 is 0. The number of nitrogens with zero attached hydrogens (tertiary/aromatic N) is 4. The number of benzene rings is 1. The number of urea groups is 1. The molecule has 7 heteroatoms. The van der Waals surface area contributed by atoms with Crippen LogP contribution in [-0.4, -0.2) is 65.4 Å². The quantitative estimate of drug-likeness (QED) is 0.766. The van der Waals surface area contributed by atoms with E-state index in [9.17, 15) is 4.79 Å². The Balaban J connectivity index is 1.61. The third kappa shape index (κ3) is 4.36. The standard InChI is InChI=1S/C23H32N4O3/c1-15(2)21-24-22(30-25-21)20-12-19(18-6-5-16(3)17(4)11-18)13-27(14-20)23(28)26-7-9-29-10-8-26/h5-6,11,15,19-20H,7-10,12-14H2,1-4H3. The van der Waals surface area contributed by atoms with E-state index in [0.717, 1.165) is 12.2 Å². The Labute approximate surface area is 178 Å². The Morgan fingerprint density at radius 3 is 2.47 bits per heavy atom. The molecule has 0 aliphatic carbocycles. The molecule has 3 heterocycles. The Kier molecular flexibility index (Phi) is 6.09. The van der Waals surface area contributed by atoms with Crippen molar-refractivity contribution in [3.63, 3.8) is 0 Å². The highest BCUT2D eigenvalue weighted by atomic mass is 16.5. The first-order chi connectivity index (χ1) is 14.4. The van der Waals surface area contributed by atoms with E-state index in [1.54, 1.807) is 0 Å². The van der Waals surface area contributed by atoms with Crippen molar-refractivity contribution in [2.24, 2.45) is 0 Å². The third-order valence-electron chi connectivity index (χ3n) is 6.33. The molecular weight excluding hydrogens is 380 g/mol. The fourth-order valence-corrected chi connectivity index (χ4v) is 4.30. The minimum Gasteiger partial charge on any atom is -0.378 e. The van der Waals surface area contributed by atoms with Crippen LogP contribution >= 0.6 is 0 Å². The fraction of sp³-hybridized carbons (Fsp3) is 0.609. The van der Waals surface area contributed by atoms with Crippen LogP contribution in [0.3, 0.4) is 0 Å². The van der Waals surface area contributed by atoms with Crippen molar-refractivity contribution in [3.8, 4) is 0 Å². The highest BCUT2D eigenvalue weighted by Crippen LogP contribution is 2.36. The number of amides is 2. The molecule has 7 nitrogen and oxygen atoms in total. The summed E-state index contributed by atoms with van der Waals surface area (Å²) in [7, 11) is 0. The van der Waals surface area contributed by atoms with Crippen molar-refractivity contribution in [2.75, 3.05) is 39.4 Å². The summed E-state index contributed by atoms with van der Waals surface area (Å²) in [6.45, 7) is 12.2. The second kappa shape index (κ2) is 8.76. The van der Waals surface area contributed by atoms with E-state index >= 15 is 0 Å². The molecule has 2 saturated heterocycles. The van der Waals surface area contributed by atoms with E-state index in [-0.39, 0.29) is 23.8 Å². The lowest BCUT2D eigenvalue weighted by Crippen LogP contribution is -2.52.